The Morgan fingerprint density at radius 1 is 1.41 bits per heavy atom. The molecule has 0 bridgehead atoms. The third kappa shape index (κ3) is 4.02. The molecule has 2 rings (SSSR count). The van der Waals surface area contributed by atoms with Crippen LogP contribution in [0.15, 0.2) is 24.3 Å². The molecule has 0 aromatic heterocycles. The Labute approximate surface area is 107 Å². The molecule has 0 saturated heterocycles. The van der Waals surface area contributed by atoms with Crippen molar-refractivity contribution in [2.45, 2.75) is 19.3 Å². The maximum absolute atomic E-state index is 11.6. The maximum Gasteiger partial charge on any atom is 0.238 e. The van der Waals surface area contributed by atoms with Crippen LogP contribution in [0.25, 0.3) is 0 Å². The predicted octanol–water partition coefficient (Wildman–Crippen LogP) is 2.67. The number of amides is 1. The first-order chi connectivity index (χ1) is 8.24. The van der Waals surface area contributed by atoms with Gasteiger partial charge in [0.05, 0.1) is 6.54 Å². The van der Waals surface area contributed by atoms with Gasteiger partial charge in [-0.25, -0.2) is 0 Å². The van der Waals surface area contributed by atoms with Gasteiger partial charge < -0.3 is 10.6 Å². The van der Waals surface area contributed by atoms with Crippen molar-refractivity contribution in [1.82, 2.24) is 5.32 Å². The minimum Gasteiger partial charge on any atom is -0.325 e. The summed E-state index contributed by atoms with van der Waals surface area (Å²) in [6.07, 6.45) is 3.92. The fourth-order valence-corrected chi connectivity index (χ4v) is 2.05. The molecule has 4 heteroatoms. The van der Waals surface area contributed by atoms with Crippen LogP contribution in [-0.4, -0.2) is 19.0 Å². The Kier molecular flexibility index (Phi) is 4.40. The van der Waals surface area contributed by atoms with Crippen molar-refractivity contribution in [3.63, 3.8) is 0 Å². The van der Waals surface area contributed by atoms with Crippen molar-refractivity contribution in [3.05, 3.63) is 29.3 Å². The average molecular weight is 253 g/mol. The first-order valence-corrected chi connectivity index (χ1v) is 6.38. The molecular formula is C13H17ClN2O. The SMILES string of the molecule is O=C(CNCC1CCC1)Nc1cccc(Cl)c1. The molecule has 0 atom stereocenters. The van der Waals surface area contributed by atoms with E-state index >= 15 is 0 Å². The lowest BCUT2D eigenvalue weighted by atomic mass is 9.85. The molecule has 0 spiro atoms. The molecule has 0 aliphatic heterocycles. The summed E-state index contributed by atoms with van der Waals surface area (Å²) in [7, 11) is 0. The van der Waals surface area contributed by atoms with Crippen LogP contribution in [0.2, 0.25) is 5.02 Å². The standard InChI is InChI=1S/C13H17ClN2O/c14-11-5-2-6-12(7-11)16-13(17)9-15-8-10-3-1-4-10/h2,5-7,10,15H,1,3-4,8-9H2,(H,16,17). The highest BCUT2D eigenvalue weighted by Crippen LogP contribution is 2.25. The summed E-state index contributed by atoms with van der Waals surface area (Å²) < 4.78 is 0. The van der Waals surface area contributed by atoms with E-state index in [4.69, 9.17) is 11.6 Å². The Balaban J connectivity index is 1.69. The smallest absolute Gasteiger partial charge is 0.238 e. The van der Waals surface area contributed by atoms with Crippen LogP contribution in [-0.2, 0) is 4.79 Å². The van der Waals surface area contributed by atoms with E-state index in [-0.39, 0.29) is 5.91 Å². The lowest BCUT2D eigenvalue weighted by molar-refractivity contribution is -0.115. The van der Waals surface area contributed by atoms with Crippen LogP contribution in [0.5, 0.6) is 0 Å². The van der Waals surface area contributed by atoms with E-state index in [0.717, 1.165) is 18.2 Å². The summed E-state index contributed by atoms with van der Waals surface area (Å²) in [4.78, 5) is 11.6. The average Bonchev–Trinajstić information content (AvgIpc) is 2.22. The summed E-state index contributed by atoms with van der Waals surface area (Å²) in [6, 6.07) is 7.17. The molecule has 1 aromatic rings. The second kappa shape index (κ2) is 6.03. The monoisotopic (exact) mass is 252 g/mol. The molecule has 0 unspecified atom stereocenters. The summed E-state index contributed by atoms with van der Waals surface area (Å²) in [5.41, 5.74) is 0.743. The lowest BCUT2D eigenvalue weighted by Gasteiger charge is -2.25. The van der Waals surface area contributed by atoms with Gasteiger partial charge in [0.1, 0.15) is 0 Å². The largest absolute Gasteiger partial charge is 0.325 e. The number of anilines is 1. The third-order valence-electron chi connectivity index (χ3n) is 3.05. The topological polar surface area (TPSA) is 41.1 Å². The summed E-state index contributed by atoms with van der Waals surface area (Å²) in [5, 5.41) is 6.61. The number of hydrogen-bond donors (Lipinski definition) is 2. The summed E-state index contributed by atoms with van der Waals surface area (Å²) in [6.45, 7) is 1.31. The second-order valence-corrected chi connectivity index (χ2v) is 4.92. The summed E-state index contributed by atoms with van der Waals surface area (Å²) >= 11 is 5.83. The predicted molar refractivity (Wildman–Crippen MR) is 70.3 cm³/mol. The van der Waals surface area contributed by atoms with Crippen LogP contribution < -0.4 is 10.6 Å². The van der Waals surface area contributed by atoms with Crippen molar-refractivity contribution in [3.8, 4) is 0 Å². The zero-order valence-electron chi connectivity index (χ0n) is 9.71. The highest BCUT2D eigenvalue weighted by Gasteiger charge is 2.16. The molecule has 0 radical (unpaired) electrons. The number of benzene rings is 1. The molecule has 1 aliphatic rings. The van der Waals surface area contributed by atoms with Crippen LogP contribution in [0.4, 0.5) is 5.69 Å². The Morgan fingerprint density at radius 3 is 2.88 bits per heavy atom. The van der Waals surface area contributed by atoms with E-state index in [1.54, 1.807) is 12.1 Å². The minimum absolute atomic E-state index is 0.0217. The minimum atomic E-state index is -0.0217. The highest BCUT2D eigenvalue weighted by molar-refractivity contribution is 6.30. The molecule has 0 heterocycles. The fraction of sp³-hybridized carbons (Fsp3) is 0.462. The van der Waals surface area contributed by atoms with Gasteiger partial charge in [-0.1, -0.05) is 24.1 Å². The molecule has 1 amide bonds. The Hall–Kier alpha value is -1.06. The molecular weight excluding hydrogens is 236 g/mol. The molecule has 1 fully saturated rings. The second-order valence-electron chi connectivity index (χ2n) is 4.49. The van der Waals surface area contributed by atoms with Gasteiger partial charge in [0.25, 0.3) is 0 Å². The first-order valence-electron chi connectivity index (χ1n) is 6.00. The number of rotatable bonds is 5. The van der Waals surface area contributed by atoms with Gasteiger partial charge in [-0.3, -0.25) is 4.79 Å². The Bertz CT molecular complexity index is 391. The van der Waals surface area contributed by atoms with Gasteiger partial charge >= 0.3 is 0 Å². The van der Waals surface area contributed by atoms with Gasteiger partial charge in [0.15, 0.2) is 0 Å². The maximum atomic E-state index is 11.6. The van der Waals surface area contributed by atoms with Crippen molar-refractivity contribution in [2.24, 2.45) is 5.92 Å². The van der Waals surface area contributed by atoms with E-state index in [2.05, 4.69) is 10.6 Å². The van der Waals surface area contributed by atoms with E-state index < -0.39 is 0 Å². The van der Waals surface area contributed by atoms with Crippen molar-refractivity contribution < 1.29 is 4.79 Å². The molecule has 3 nitrogen and oxygen atoms in total. The van der Waals surface area contributed by atoms with E-state index in [1.165, 1.54) is 19.3 Å². The molecule has 1 aliphatic carbocycles. The number of halogens is 1. The number of hydrogen-bond acceptors (Lipinski definition) is 2. The molecule has 92 valence electrons. The molecule has 1 aromatic carbocycles. The van der Waals surface area contributed by atoms with Gasteiger partial charge in [0, 0.05) is 10.7 Å². The third-order valence-corrected chi connectivity index (χ3v) is 3.29. The lowest BCUT2D eigenvalue weighted by Crippen LogP contribution is -2.33. The van der Waals surface area contributed by atoms with Gasteiger partial charge in [-0.05, 0) is 43.5 Å². The van der Waals surface area contributed by atoms with Crippen molar-refractivity contribution in [2.75, 3.05) is 18.4 Å². The number of carbonyl (C=O) groups excluding carboxylic acids is 1. The van der Waals surface area contributed by atoms with Crippen molar-refractivity contribution >= 4 is 23.2 Å². The van der Waals surface area contributed by atoms with Crippen LogP contribution in [0, 0.1) is 5.92 Å². The zero-order chi connectivity index (χ0) is 12.1. The zero-order valence-corrected chi connectivity index (χ0v) is 10.5. The van der Waals surface area contributed by atoms with Crippen LogP contribution in [0.3, 0.4) is 0 Å². The Morgan fingerprint density at radius 2 is 2.24 bits per heavy atom. The molecule has 1 saturated carbocycles. The number of carbonyl (C=O) groups is 1. The normalized spacial score (nSPS) is 15.4. The van der Waals surface area contributed by atoms with Gasteiger partial charge in [-0.2, -0.15) is 0 Å². The van der Waals surface area contributed by atoms with Crippen LogP contribution >= 0.6 is 11.6 Å². The highest BCUT2D eigenvalue weighted by atomic mass is 35.5. The number of nitrogens with one attached hydrogen (secondary N) is 2. The van der Waals surface area contributed by atoms with Crippen LogP contribution in [0.1, 0.15) is 19.3 Å². The fourth-order valence-electron chi connectivity index (χ4n) is 1.86. The quantitative estimate of drug-likeness (QED) is 0.846. The molecule has 17 heavy (non-hydrogen) atoms. The van der Waals surface area contributed by atoms with E-state index in [9.17, 15) is 4.79 Å². The van der Waals surface area contributed by atoms with Gasteiger partial charge in [0.2, 0.25) is 5.91 Å². The van der Waals surface area contributed by atoms with Gasteiger partial charge in [-0.15, -0.1) is 0 Å². The molecule has 2 N–H and O–H groups in total. The van der Waals surface area contributed by atoms with Crippen molar-refractivity contribution in [1.29, 1.82) is 0 Å². The van der Waals surface area contributed by atoms with E-state index in [1.807, 2.05) is 12.1 Å². The first kappa shape index (κ1) is 12.4. The van der Waals surface area contributed by atoms with E-state index in [0.29, 0.717) is 11.6 Å². The summed E-state index contributed by atoms with van der Waals surface area (Å²) in [5.74, 6) is 0.751.